The Kier molecular flexibility index (Phi) is 6.18. The molecular formula is C15H22N2O3. The number of hydrogen-bond acceptors (Lipinski definition) is 3. The summed E-state index contributed by atoms with van der Waals surface area (Å²) in [5, 5.41) is 14.7. The number of amides is 1. The van der Waals surface area contributed by atoms with Gasteiger partial charge in [-0.1, -0.05) is 31.5 Å². The summed E-state index contributed by atoms with van der Waals surface area (Å²) < 4.78 is 0. The Hall–Kier alpha value is -1.88. The molecule has 5 heteroatoms. The molecule has 0 heterocycles. The molecule has 1 unspecified atom stereocenters. The molecule has 1 amide bonds. The third kappa shape index (κ3) is 5.84. The van der Waals surface area contributed by atoms with Crippen molar-refractivity contribution in [3.05, 3.63) is 29.8 Å². The highest BCUT2D eigenvalue weighted by atomic mass is 16.4. The predicted molar refractivity (Wildman–Crippen MR) is 78.7 cm³/mol. The van der Waals surface area contributed by atoms with Gasteiger partial charge >= 0.3 is 5.97 Å². The molecule has 0 aliphatic carbocycles. The van der Waals surface area contributed by atoms with Gasteiger partial charge in [0, 0.05) is 5.69 Å². The van der Waals surface area contributed by atoms with Crippen molar-refractivity contribution in [2.75, 3.05) is 11.9 Å². The van der Waals surface area contributed by atoms with Crippen molar-refractivity contribution in [1.82, 2.24) is 5.32 Å². The van der Waals surface area contributed by atoms with Crippen LogP contribution in [0.4, 0.5) is 5.69 Å². The first kappa shape index (κ1) is 16.2. The molecule has 0 fully saturated rings. The summed E-state index contributed by atoms with van der Waals surface area (Å²) >= 11 is 0. The Morgan fingerprint density at radius 1 is 1.20 bits per heavy atom. The van der Waals surface area contributed by atoms with E-state index in [-0.39, 0.29) is 12.3 Å². The lowest BCUT2D eigenvalue weighted by atomic mass is 10.1. The summed E-state index contributed by atoms with van der Waals surface area (Å²) in [5.41, 5.74) is 1.78. The van der Waals surface area contributed by atoms with Gasteiger partial charge in [-0.05, 0) is 31.5 Å². The summed E-state index contributed by atoms with van der Waals surface area (Å²) in [6.07, 6.45) is -0.0874. The zero-order chi connectivity index (χ0) is 15.1. The Balaban J connectivity index is 2.53. The molecule has 0 bridgehead atoms. The number of hydrogen-bond donors (Lipinski definition) is 3. The highest BCUT2D eigenvalue weighted by Crippen LogP contribution is 2.09. The van der Waals surface area contributed by atoms with Crippen molar-refractivity contribution in [3.63, 3.8) is 0 Å². The first-order valence-corrected chi connectivity index (χ1v) is 6.71. The second kappa shape index (κ2) is 7.65. The monoisotopic (exact) mass is 278 g/mol. The van der Waals surface area contributed by atoms with Crippen LogP contribution in [0.2, 0.25) is 0 Å². The van der Waals surface area contributed by atoms with Gasteiger partial charge in [0.2, 0.25) is 5.91 Å². The molecule has 20 heavy (non-hydrogen) atoms. The summed E-state index contributed by atoms with van der Waals surface area (Å²) in [4.78, 5) is 22.9. The number of anilines is 1. The third-order valence-electron chi connectivity index (χ3n) is 2.80. The summed E-state index contributed by atoms with van der Waals surface area (Å²) in [6.45, 7) is 6.49. The molecule has 110 valence electrons. The molecule has 0 saturated carbocycles. The van der Waals surface area contributed by atoms with E-state index in [1.807, 2.05) is 32.9 Å². The molecule has 5 nitrogen and oxygen atoms in total. The zero-order valence-electron chi connectivity index (χ0n) is 12.1. The van der Waals surface area contributed by atoms with Crippen molar-refractivity contribution >= 4 is 17.6 Å². The first-order valence-electron chi connectivity index (χ1n) is 6.71. The number of nitrogens with one attached hydrogen (secondary N) is 2. The molecule has 0 radical (unpaired) electrons. The second-order valence-electron chi connectivity index (χ2n) is 5.31. The molecule has 0 aliphatic rings. The number of carboxylic acid groups (broad SMARTS) is 1. The summed E-state index contributed by atoms with van der Waals surface area (Å²) in [5.74, 6) is -0.987. The van der Waals surface area contributed by atoms with Gasteiger partial charge in [-0.3, -0.25) is 9.59 Å². The van der Waals surface area contributed by atoms with Gasteiger partial charge in [0.15, 0.2) is 0 Å². The van der Waals surface area contributed by atoms with Gasteiger partial charge < -0.3 is 15.7 Å². The third-order valence-corrected chi connectivity index (χ3v) is 2.80. The predicted octanol–water partition coefficient (Wildman–Crippen LogP) is 2.02. The maximum absolute atomic E-state index is 11.8. The van der Waals surface area contributed by atoms with Crippen LogP contribution in [0.15, 0.2) is 24.3 Å². The van der Waals surface area contributed by atoms with Crippen molar-refractivity contribution < 1.29 is 14.7 Å². The van der Waals surface area contributed by atoms with E-state index in [4.69, 9.17) is 5.11 Å². The van der Waals surface area contributed by atoms with Crippen LogP contribution >= 0.6 is 0 Å². The summed E-state index contributed by atoms with van der Waals surface area (Å²) in [7, 11) is 0. The molecule has 0 aliphatic heterocycles. The number of carboxylic acids is 1. The SMILES string of the molecule is Cc1ccc(NC(=O)CC(NCC(C)C)C(=O)O)cc1. The fraction of sp³-hybridized carbons (Fsp3) is 0.467. The normalized spacial score (nSPS) is 12.2. The fourth-order valence-electron chi connectivity index (χ4n) is 1.66. The highest BCUT2D eigenvalue weighted by Gasteiger charge is 2.20. The number of carbonyl (C=O) groups excluding carboxylic acids is 1. The van der Waals surface area contributed by atoms with Crippen LogP contribution in [0.5, 0.6) is 0 Å². The lowest BCUT2D eigenvalue weighted by Crippen LogP contribution is -2.41. The largest absolute Gasteiger partial charge is 0.480 e. The van der Waals surface area contributed by atoms with E-state index in [1.165, 1.54) is 0 Å². The Morgan fingerprint density at radius 3 is 2.30 bits per heavy atom. The van der Waals surface area contributed by atoms with Gasteiger partial charge in [0.25, 0.3) is 0 Å². The lowest BCUT2D eigenvalue weighted by Gasteiger charge is -2.15. The van der Waals surface area contributed by atoms with Crippen LogP contribution < -0.4 is 10.6 Å². The minimum Gasteiger partial charge on any atom is -0.480 e. The fourth-order valence-corrected chi connectivity index (χ4v) is 1.66. The molecule has 1 aromatic rings. The lowest BCUT2D eigenvalue weighted by molar-refractivity contribution is -0.141. The van der Waals surface area contributed by atoms with Crippen molar-refractivity contribution in [1.29, 1.82) is 0 Å². The van der Waals surface area contributed by atoms with E-state index in [0.29, 0.717) is 18.2 Å². The van der Waals surface area contributed by atoms with Gasteiger partial charge in [-0.25, -0.2) is 0 Å². The standard InChI is InChI=1S/C15H22N2O3/c1-10(2)9-16-13(15(19)20)8-14(18)17-12-6-4-11(3)5-7-12/h4-7,10,13,16H,8-9H2,1-3H3,(H,17,18)(H,19,20). The van der Waals surface area contributed by atoms with Crippen LogP contribution in [0.3, 0.4) is 0 Å². The molecule has 1 atom stereocenters. The maximum Gasteiger partial charge on any atom is 0.321 e. The molecule has 0 saturated heterocycles. The van der Waals surface area contributed by atoms with E-state index < -0.39 is 12.0 Å². The van der Waals surface area contributed by atoms with E-state index in [9.17, 15) is 9.59 Å². The van der Waals surface area contributed by atoms with Crippen molar-refractivity contribution in [2.24, 2.45) is 5.92 Å². The van der Waals surface area contributed by atoms with Crippen molar-refractivity contribution in [3.8, 4) is 0 Å². The van der Waals surface area contributed by atoms with Crippen molar-refractivity contribution in [2.45, 2.75) is 33.2 Å². The highest BCUT2D eigenvalue weighted by molar-refractivity contribution is 5.94. The van der Waals surface area contributed by atoms with Gasteiger partial charge in [-0.2, -0.15) is 0 Å². The van der Waals surface area contributed by atoms with Gasteiger partial charge in [-0.15, -0.1) is 0 Å². The van der Waals surface area contributed by atoms with E-state index in [0.717, 1.165) is 5.56 Å². The Bertz CT molecular complexity index is 455. The van der Waals surface area contributed by atoms with E-state index in [1.54, 1.807) is 12.1 Å². The minimum atomic E-state index is -1.01. The zero-order valence-corrected chi connectivity index (χ0v) is 12.1. The average molecular weight is 278 g/mol. The number of aryl methyl sites for hydroxylation is 1. The molecule has 1 aromatic carbocycles. The minimum absolute atomic E-state index is 0.0874. The number of rotatable bonds is 7. The Morgan fingerprint density at radius 2 is 1.80 bits per heavy atom. The van der Waals surface area contributed by atoms with Crippen LogP contribution in [0, 0.1) is 12.8 Å². The van der Waals surface area contributed by atoms with E-state index >= 15 is 0 Å². The van der Waals surface area contributed by atoms with Crippen LogP contribution in [-0.4, -0.2) is 29.6 Å². The first-order chi connectivity index (χ1) is 9.38. The van der Waals surface area contributed by atoms with Crippen LogP contribution in [0.25, 0.3) is 0 Å². The molecule has 0 spiro atoms. The number of benzene rings is 1. The molecular weight excluding hydrogens is 256 g/mol. The molecule has 1 rings (SSSR count). The van der Waals surface area contributed by atoms with Crippen LogP contribution in [-0.2, 0) is 9.59 Å². The van der Waals surface area contributed by atoms with Crippen LogP contribution in [0.1, 0.15) is 25.8 Å². The number of aliphatic carboxylic acids is 1. The maximum atomic E-state index is 11.8. The topological polar surface area (TPSA) is 78.4 Å². The second-order valence-corrected chi connectivity index (χ2v) is 5.31. The van der Waals surface area contributed by atoms with Gasteiger partial charge in [0.1, 0.15) is 6.04 Å². The molecule has 0 aromatic heterocycles. The molecule has 3 N–H and O–H groups in total. The van der Waals surface area contributed by atoms with Gasteiger partial charge in [0.05, 0.1) is 6.42 Å². The Labute approximate surface area is 119 Å². The average Bonchev–Trinajstić information content (AvgIpc) is 2.36. The quantitative estimate of drug-likeness (QED) is 0.713. The summed E-state index contributed by atoms with van der Waals surface area (Å²) in [6, 6.07) is 6.51. The number of carbonyl (C=O) groups is 2. The van der Waals surface area contributed by atoms with E-state index in [2.05, 4.69) is 10.6 Å². The smallest absolute Gasteiger partial charge is 0.321 e.